The lowest BCUT2D eigenvalue weighted by Crippen LogP contribution is -2.23. The minimum atomic E-state index is 0.462. The zero-order valence-electron chi connectivity index (χ0n) is 8.13. The van der Waals surface area contributed by atoms with Crippen LogP contribution in [0, 0.1) is 6.92 Å². The molecule has 2 rings (SSSR count). The number of ether oxygens (including phenoxy) is 1. The van der Waals surface area contributed by atoms with Gasteiger partial charge in [-0.15, -0.1) is 0 Å². The highest BCUT2D eigenvalue weighted by Crippen LogP contribution is 2.32. The Labute approximate surface area is 78.9 Å². The summed E-state index contributed by atoms with van der Waals surface area (Å²) < 4.78 is 5.60. The van der Waals surface area contributed by atoms with Gasteiger partial charge in [-0.25, -0.2) is 0 Å². The Kier molecular flexibility index (Phi) is 2.23. The summed E-state index contributed by atoms with van der Waals surface area (Å²) in [4.78, 5) is 0. The van der Waals surface area contributed by atoms with Crippen molar-refractivity contribution in [2.45, 2.75) is 19.4 Å². The van der Waals surface area contributed by atoms with Crippen molar-refractivity contribution in [3.63, 3.8) is 0 Å². The first-order valence-corrected chi connectivity index (χ1v) is 4.72. The zero-order chi connectivity index (χ0) is 9.26. The Morgan fingerprint density at radius 2 is 2.31 bits per heavy atom. The molecule has 0 fully saturated rings. The van der Waals surface area contributed by atoms with Gasteiger partial charge in [-0.2, -0.15) is 0 Å². The van der Waals surface area contributed by atoms with Gasteiger partial charge in [-0.05, 0) is 25.6 Å². The topological polar surface area (TPSA) is 21.3 Å². The quantitative estimate of drug-likeness (QED) is 0.708. The summed E-state index contributed by atoms with van der Waals surface area (Å²) in [5.41, 5.74) is 2.55. The molecule has 0 spiro atoms. The van der Waals surface area contributed by atoms with Crippen LogP contribution in [-0.4, -0.2) is 13.7 Å². The number of rotatable bonds is 1. The first kappa shape index (κ1) is 8.57. The fourth-order valence-corrected chi connectivity index (χ4v) is 1.80. The van der Waals surface area contributed by atoms with Gasteiger partial charge in [-0.3, -0.25) is 0 Å². The minimum Gasteiger partial charge on any atom is -0.493 e. The van der Waals surface area contributed by atoms with Crippen LogP contribution in [-0.2, 0) is 0 Å². The van der Waals surface area contributed by atoms with E-state index >= 15 is 0 Å². The van der Waals surface area contributed by atoms with E-state index in [1.165, 1.54) is 11.1 Å². The summed E-state index contributed by atoms with van der Waals surface area (Å²) in [5, 5.41) is 3.30. The molecule has 1 atom stereocenters. The molecule has 1 heterocycles. The van der Waals surface area contributed by atoms with Gasteiger partial charge in [0.05, 0.1) is 6.61 Å². The summed E-state index contributed by atoms with van der Waals surface area (Å²) in [6, 6.07) is 6.87. The lowest BCUT2D eigenvalue weighted by molar-refractivity contribution is 0.257. The third-order valence-electron chi connectivity index (χ3n) is 2.56. The average Bonchev–Trinajstić information content (AvgIpc) is 2.16. The van der Waals surface area contributed by atoms with Crippen LogP contribution >= 0.6 is 0 Å². The molecular weight excluding hydrogens is 162 g/mol. The first-order chi connectivity index (χ1) is 6.31. The van der Waals surface area contributed by atoms with E-state index in [9.17, 15) is 0 Å². The number of aryl methyl sites for hydroxylation is 1. The molecule has 1 aromatic carbocycles. The molecule has 1 unspecified atom stereocenters. The van der Waals surface area contributed by atoms with Crippen LogP contribution in [0.15, 0.2) is 18.2 Å². The van der Waals surface area contributed by atoms with Crippen LogP contribution < -0.4 is 10.1 Å². The van der Waals surface area contributed by atoms with Crippen LogP contribution in [0.1, 0.15) is 23.6 Å². The number of nitrogens with one attached hydrogen (secondary N) is 1. The molecule has 0 bridgehead atoms. The van der Waals surface area contributed by atoms with E-state index in [0.717, 1.165) is 18.8 Å². The molecule has 70 valence electrons. The van der Waals surface area contributed by atoms with E-state index in [-0.39, 0.29) is 0 Å². The monoisotopic (exact) mass is 177 g/mol. The van der Waals surface area contributed by atoms with E-state index in [1.54, 1.807) is 0 Å². The standard InChI is InChI=1S/C11H15NO/c1-8-3-4-9-10(12-2)5-6-13-11(9)7-8/h3-4,7,10,12H,5-6H2,1-2H3. The van der Waals surface area contributed by atoms with E-state index in [0.29, 0.717) is 6.04 Å². The molecule has 1 aromatic rings. The molecule has 0 aromatic heterocycles. The van der Waals surface area contributed by atoms with Gasteiger partial charge in [0.1, 0.15) is 5.75 Å². The second kappa shape index (κ2) is 3.38. The highest BCUT2D eigenvalue weighted by Gasteiger charge is 2.19. The van der Waals surface area contributed by atoms with Crippen molar-refractivity contribution in [3.8, 4) is 5.75 Å². The summed E-state index contributed by atoms with van der Waals surface area (Å²) in [6.07, 6.45) is 1.06. The smallest absolute Gasteiger partial charge is 0.124 e. The van der Waals surface area contributed by atoms with Gasteiger partial charge in [-0.1, -0.05) is 12.1 Å². The fourth-order valence-electron chi connectivity index (χ4n) is 1.80. The zero-order valence-corrected chi connectivity index (χ0v) is 8.13. The lowest BCUT2D eigenvalue weighted by Gasteiger charge is -2.25. The Balaban J connectivity index is 2.40. The third kappa shape index (κ3) is 1.54. The molecule has 0 aliphatic carbocycles. The van der Waals surface area contributed by atoms with E-state index in [2.05, 4.69) is 30.4 Å². The lowest BCUT2D eigenvalue weighted by atomic mass is 9.99. The fraction of sp³-hybridized carbons (Fsp3) is 0.455. The maximum atomic E-state index is 5.60. The van der Waals surface area contributed by atoms with Crippen molar-refractivity contribution >= 4 is 0 Å². The van der Waals surface area contributed by atoms with Gasteiger partial charge in [0.2, 0.25) is 0 Å². The Morgan fingerprint density at radius 1 is 1.46 bits per heavy atom. The highest BCUT2D eigenvalue weighted by atomic mass is 16.5. The van der Waals surface area contributed by atoms with Gasteiger partial charge >= 0.3 is 0 Å². The molecule has 2 nitrogen and oxygen atoms in total. The second-order valence-electron chi connectivity index (χ2n) is 3.52. The maximum Gasteiger partial charge on any atom is 0.124 e. The van der Waals surface area contributed by atoms with Crippen LogP contribution in [0.25, 0.3) is 0 Å². The molecular formula is C11H15NO. The van der Waals surface area contributed by atoms with Crippen molar-refractivity contribution < 1.29 is 4.74 Å². The van der Waals surface area contributed by atoms with E-state index < -0.39 is 0 Å². The predicted octanol–water partition coefficient (Wildman–Crippen LogP) is 2.04. The number of hydrogen-bond donors (Lipinski definition) is 1. The van der Waals surface area contributed by atoms with Crippen molar-refractivity contribution in [1.82, 2.24) is 5.32 Å². The highest BCUT2D eigenvalue weighted by molar-refractivity contribution is 5.40. The van der Waals surface area contributed by atoms with E-state index in [1.807, 2.05) is 7.05 Å². The molecule has 0 saturated heterocycles. The molecule has 0 radical (unpaired) electrons. The molecule has 2 heteroatoms. The van der Waals surface area contributed by atoms with E-state index in [4.69, 9.17) is 4.74 Å². The third-order valence-corrected chi connectivity index (χ3v) is 2.56. The molecule has 1 aliphatic rings. The molecule has 1 N–H and O–H groups in total. The average molecular weight is 177 g/mol. The Bertz CT molecular complexity index is 309. The maximum absolute atomic E-state index is 5.60. The van der Waals surface area contributed by atoms with Crippen LogP contribution in [0.4, 0.5) is 0 Å². The molecule has 13 heavy (non-hydrogen) atoms. The second-order valence-corrected chi connectivity index (χ2v) is 3.52. The number of hydrogen-bond acceptors (Lipinski definition) is 2. The van der Waals surface area contributed by atoms with Crippen molar-refractivity contribution in [2.24, 2.45) is 0 Å². The van der Waals surface area contributed by atoms with Crippen LogP contribution in [0.3, 0.4) is 0 Å². The normalized spacial score (nSPS) is 20.6. The van der Waals surface area contributed by atoms with Gasteiger partial charge in [0, 0.05) is 18.0 Å². The Morgan fingerprint density at radius 3 is 3.08 bits per heavy atom. The van der Waals surface area contributed by atoms with Crippen molar-refractivity contribution in [2.75, 3.05) is 13.7 Å². The van der Waals surface area contributed by atoms with Crippen LogP contribution in [0.5, 0.6) is 5.75 Å². The summed E-state index contributed by atoms with van der Waals surface area (Å²) in [6.45, 7) is 2.91. The van der Waals surface area contributed by atoms with Gasteiger partial charge in [0.15, 0.2) is 0 Å². The summed E-state index contributed by atoms with van der Waals surface area (Å²) >= 11 is 0. The predicted molar refractivity (Wildman–Crippen MR) is 53.1 cm³/mol. The van der Waals surface area contributed by atoms with Gasteiger partial charge in [0.25, 0.3) is 0 Å². The van der Waals surface area contributed by atoms with Gasteiger partial charge < -0.3 is 10.1 Å². The van der Waals surface area contributed by atoms with Crippen LogP contribution in [0.2, 0.25) is 0 Å². The number of fused-ring (bicyclic) bond motifs is 1. The Hall–Kier alpha value is -1.02. The minimum absolute atomic E-state index is 0.462. The molecule has 0 amide bonds. The SMILES string of the molecule is CNC1CCOc2cc(C)ccc21. The molecule has 0 saturated carbocycles. The molecule has 1 aliphatic heterocycles. The largest absolute Gasteiger partial charge is 0.493 e. The summed E-state index contributed by atoms with van der Waals surface area (Å²) in [7, 11) is 2.00. The number of benzene rings is 1. The summed E-state index contributed by atoms with van der Waals surface area (Å²) in [5.74, 6) is 1.05. The van der Waals surface area contributed by atoms with Crippen molar-refractivity contribution in [1.29, 1.82) is 0 Å². The first-order valence-electron chi connectivity index (χ1n) is 4.72. The van der Waals surface area contributed by atoms with Crippen molar-refractivity contribution in [3.05, 3.63) is 29.3 Å².